The van der Waals surface area contributed by atoms with Crippen LogP contribution in [0.4, 0.5) is 0 Å². The third-order valence-electron chi connectivity index (χ3n) is 1.27. The van der Waals surface area contributed by atoms with Crippen LogP contribution in [0.1, 0.15) is 6.42 Å². The van der Waals surface area contributed by atoms with Gasteiger partial charge in [-0.2, -0.15) is 0 Å². The van der Waals surface area contributed by atoms with Gasteiger partial charge in [0.1, 0.15) is 5.70 Å². The van der Waals surface area contributed by atoms with Gasteiger partial charge in [0, 0.05) is 11.3 Å². The van der Waals surface area contributed by atoms with Gasteiger partial charge < -0.3 is 0 Å². The zero-order valence-electron chi connectivity index (χ0n) is 5.60. The lowest BCUT2D eigenvalue weighted by Crippen LogP contribution is -2.18. The summed E-state index contributed by atoms with van der Waals surface area (Å²) in [7, 11) is 0. The molecule has 5 heteroatoms. The van der Waals surface area contributed by atoms with Gasteiger partial charge in [-0.3, -0.25) is 5.21 Å². The highest BCUT2D eigenvalue weighted by molar-refractivity contribution is 7.80. The number of allylic oxidation sites excluding steroid dienone is 4. The number of nitrogens with zero attached hydrogens (tertiary/aromatic N) is 2. The number of thiocarbonyl (C=S) groups is 1. The van der Waals surface area contributed by atoms with Gasteiger partial charge in [-0.1, -0.05) is 24.4 Å². The van der Waals surface area contributed by atoms with E-state index in [1.54, 1.807) is 6.08 Å². The van der Waals surface area contributed by atoms with Crippen molar-refractivity contribution in [3.63, 3.8) is 0 Å². The van der Waals surface area contributed by atoms with Crippen LogP contribution in [0.25, 0.3) is 0 Å². The van der Waals surface area contributed by atoms with Gasteiger partial charge in [-0.05, 0) is 6.08 Å². The van der Waals surface area contributed by atoms with Crippen LogP contribution in [-0.2, 0) is 0 Å². The van der Waals surface area contributed by atoms with Crippen molar-refractivity contribution in [2.75, 3.05) is 0 Å². The smallest absolute Gasteiger partial charge is 0.107 e. The molecule has 0 unspecified atom stereocenters. The van der Waals surface area contributed by atoms with E-state index in [0.29, 0.717) is 11.3 Å². The number of hydrogen-bond acceptors (Lipinski definition) is 4. The first-order chi connectivity index (χ1) is 5.25. The average molecular weight is 170 g/mol. The third-order valence-corrected chi connectivity index (χ3v) is 1.65. The number of rotatable bonds is 2. The Kier molecular flexibility index (Phi) is 2.45. The maximum absolute atomic E-state index is 9.85. The van der Waals surface area contributed by atoms with Crippen molar-refractivity contribution in [2.45, 2.75) is 6.42 Å². The van der Waals surface area contributed by atoms with Crippen molar-refractivity contribution in [1.29, 1.82) is 0 Å². The lowest BCUT2D eigenvalue weighted by Gasteiger charge is -2.12. The Morgan fingerprint density at radius 1 is 1.73 bits per heavy atom. The van der Waals surface area contributed by atoms with Gasteiger partial charge >= 0.3 is 0 Å². The molecule has 1 aliphatic rings. The highest BCUT2D eigenvalue weighted by Gasteiger charge is 2.12. The average Bonchev–Trinajstić information content (AvgIpc) is 2.04. The van der Waals surface area contributed by atoms with Crippen LogP contribution in [0, 0.1) is 4.91 Å². The van der Waals surface area contributed by atoms with E-state index in [-0.39, 0.29) is 10.9 Å². The van der Waals surface area contributed by atoms with E-state index >= 15 is 0 Å². The van der Waals surface area contributed by atoms with Crippen molar-refractivity contribution in [3.05, 3.63) is 28.8 Å². The highest BCUT2D eigenvalue weighted by atomic mass is 32.1. The number of nitroso groups, excluding NO2 is 1. The second-order valence-electron chi connectivity index (χ2n) is 1.98. The molecule has 0 atom stereocenters. The molecule has 11 heavy (non-hydrogen) atoms. The van der Waals surface area contributed by atoms with Crippen molar-refractivity contribution in [2.24, 2.45) is 5.29 Å². The lowest BCUT2D eigenvalue weighted by molar-refractivity contribution is -0.0485. The molecule has 0 aliphatic heterocycles. The Bertz CT molecular complexity index is 247. The molecule has 1 N–H and O–H groups in total. The molecule has 1 rings (SSSR count). The van der Waals surface area contributed by atoms with E-state index in [2.05, 4.69) is 5.29 Å². The molecule has 0 saturated heterocycles. The van der Waals surface area contributed by atoms with Gasteiger partial charge in [0.2, 0.25) is 0 Å². The van der Waals surface area contributed by atoms with E-state index in [1.807, 2.05) is 6.08 Å². The van der Waals surface area contributed by atoms with Crippen LogP contribution in [0.2, 0.25) is 0 Å². The van der Waals surface area contributed by atoms with Crippen LogP contribution in [0.5, 0.6) is 0 Å². The number of hydroxylamine groups is 1. The summed E-state index contributed by atoms with van der Waals surface area (Å²) >= 11 is 4.85. The van der Waals surface area contributed by atoms with E-state index in [1.165, 1.54) is 6.08 Å². The molecule has 0 saturated carbocycles. The number of hydrogen-bond donors (Lipinski definition) is 1. The molecular formula is C6H6N2O2S. The largest absolute Gasteiger partial charge is 0.265 e. The van der Waals surface area contributed by atoms with Crippen LogP contribution in [-0.4, -0.2) is 15.2 Å². The first-order valence-corrected chi connectivity index (χ1v) is 3.39. The van der Waals surface area contributed by atoms with Crippen molar-refractivity contribution >= 4 is 17.1 Å². The van der Waals surface area contributed by atoms with Crippen LogP contribution < -0.4 is 0 Å². The molecule has 0 bridgehead atoms. The fourth-order valence-corrected chi connectivity index (χ4v) is 1.000. The van der Waals surface area contributed by atoms with E-state index in [9.17, 15) is 4.91 Å². The zero-order valence-corrected chi connectivity index (χ0v) is 6.41. The summed E-state index contributed by atoms with van der Waals surface area (Å²) in [6.45, 7) is 0. The molecule has 0 aromatic heterocycles. The molecule has 0 spiro atoms. The predicted octanol–water partition coefficient (Wildman–Crippen LogP) is 1.57. The van der Waals surface area contributed by atoms with Gasteiger partial charge in [-0.25, -0.2) is 0 Å². The topological polar surface area (TPSA) is 52.9 Å². The summed E-state index contributed by atoms with van der Waals surface area (Å²) < 4.78 is 0. The molecule has 58 valence electrons. The third kappa shape index (κ3) is 1.69. The van der Waals surface area contributed by atoms with Crippen molar-refractivity contribution in [3.8, 4) is 0 Å². The van der Waals surface area contributed by atoms with Crippen LogP contribution in [0.3, 0.4) is 0 Å². The SMILES string of the molecule is O=NN(O)C1=CC=CCC1=S. The Morgan fingerprint density at radius 3 is 3.00 bits per heavy atom. The molecule has 0 aromatic rings. The van der Waals surface area contributed by atoms with Gasteiger partial charge in [0.05, 0.1) is 5.29 Å². The molecule has 0 fully saturated rings. The van der Waals surface area contributed by atoms with Gasteiger partial charge in [0.25, 0.3) is 0 Å². The summed E-state index contributed by atoms with van der Waals surface area (Å²) in [4.78, 5) is 10.4. The fraction of sp³-hybridized carbons (Fsp3) is 0.167. The van der Waals surface area contributed by atoms with Crippen LogP contribution >= 0.6 is 12.2 Å². The fourth-order valence-electron chi connectivity index (χ4n) is 0.754. The molecule has 1 aliphatic carbocycles. The normalized spacial score (nSPS) is 16.1. The highest BCUT2D eigenvalue weighted by Crippen LogP contribution is 2.12. The first kappa shape index (κ1) is 8.03. The van der Waals surface area contributed by atoms with E-state index in [4.69, 9.17) is 17.4 Å². The monoisotopic (exact) mass is 170 g/mol. The van der Waals surface area contributed by atoms with Gasteiger partial charge in [-0.15, -0.1) is 10.1 Å². The standard InChI is InChI=1S/C6H6N2O2S/c9-7-8(10)5-3-1-2-4-6(5)11/h1-3,10H,4H2. The van der Waals surface area contributed by atoms with Crippen LogP contribution in [0.15, 0.2) is 29.2 Å². The van der Waals surface area contributed by atoms with Gasteiger partial charge in [0.15, 0.2) is 0 Å². The minimum atomic E-state index is 0.242. The van der Waals surface area contributed by atoms with E-state index in [0.717, 1.165) is 0 Å². The minimum Gasteiger partial charge on any atom is -0.265 e. The summed E-state index contributed by atoms with van der Waals surface area (Å²) in [5, 5.41) is 11.4. The maximum atomic E-state index is 9.85. The van der Waals surface area contributed by atoms with Crippen molar-refractivity contribution in [1.82, 2.24) is 5.17 Å². The summed E-state index contributed by atoms with van der Waals surface area (Å²) in [6.07, 6.45) is 5.64. The maximum Gasteiger partial charge on any atom is 0.107 e. The lowest BCUT2D eigenvalue weighted by atomic mass is 10.1. The summed E-state index contributed by atoms with van der Waals surface area (Å²) in [6, 6.07) is 0. The summed E-state index contributed by atoms with van der Waals surface area (Å²) in [5.74, 6) is 0. The minimum absolute atomic E-state index is 0.242. The molecule has 0 heterocycles. The summed E-state index contributed by atoms with van der Waals surface area (Å²) in [5.41, 5.74) is 0.275. The second kappa shape index (κ2) is 3.36. The van der Waals surface area contributed by atoms with E-state index < -0.39 is 0 Å². The second-order valence-corrected chi connectivity index (χ2v) is 2.47. The molecule has 0 amide bonds. The molecular weight excluding hydrogens is 164 g/mol. The predicted molar refractivity (Wildman–Crippen MR) is 43.9 cm³/mol. The Morgan fingerprint density at radius 2 is 2.45 bits per heavy atom. The Balaban J connectivity index is 2.83. The Labute approximate surface area is 68.7 Å². The molecule has 0 aromatic carbocycles. The first-order valence-electron chi connectivity index (χ1n) is 2.98. The quantitative estimate of drug-likeness (QED) is 0.388. The van der Waals surface area contributed by atoms with Crippen molar-refractivity contribution < 1.29 is 5.21 Å². The zero-order chi connectivity index (χ0) is 8.27. The Hall–Kier alpha value is -1.07. The molecule has 4 nitrogen and oxygen atoms in total. The molecule has 0 radical (unpaired) electrons.